The Bertz CT molecular complexity index is 683. The first-order valence-electron chi connectivity index (χ1n) is 5.86. The Morgan fingerprint density at radius 2 is 2.11 bits per heavy atom. The Hall–Kier alpha value is -1.31. The zero-order chi connectivity index (χ0) is 14.2. The number of aryl methyl sites for hydroxylation is 3. The van der Waals surface area contributed by atoms with E-state index in [1.807, 2.05) is 26.8 Å². The molecule has 2 rings (SSSR count). The van der Waals surface area contributed by atoms with Crippen LogP contribution in [0.4, 0.5) is 0 Å². The summed E-state index contributed by atoms with van der Waals surface area (Å²) in [5.41, 5.74) is 3.91. The lowest BCUT2D eigenvalue weighted by Gasteiger charge is -2.06. The summed E-state index contributed by atoms with van der Waals surface area (Å²) in [5.74, 6) is 2.58. The van der Waals surface area contributed by atoms with E-state index in [1.165, 1.54) is 0 Å². The van der Waals surface area contributed by atoms with Gasteiger partial charge in [-0.25, -0.2) is 4.98 Å². The van der Waals surface area contributed by atoms with Gasteiger partial charge in [0, 0.05) is 11.0 Å². The molecule has 19 heavy (non-hydrogen) atoms. The molecule has 5 heteroatoms. The third-order valence-electron chi connectivity index (χ3n) is 2.90. The lowest BCUT2D eigenvalue weighted by atomic mass is 10.1. The number of pyridine rings is 1. The van der Waals surface area contributed by atoms with Crippen molar-refractivity contribution in [2.24, 2.45) is 0 Å². The van der Waals surface area contributed by atoms with Crippen molar-refractivity contribution >= 4 is 27.5 Å². The van der Waals surface area contributed by atoms with Crippen LogP contribution in [0.3, 0.4) is 0 Å². The molecule has 0 aromatic carbocycles. The fourth-order valence-electron chi connectivity index (χ4n) is 1.87. The molecule has 0 amide bonds. The van der Waals surface area contributed by atoms with Gasteiger partial charge in [0.15, 0.2) is 0 Å². The highest BCUT2D eigenvalue weighted by Gasteiger charge is 2.19. The SMILES string of the molecule is C#Cc1c(Cl)c(-c2nc(C)c(Br)cc2C)nn1CC. The Morgan fingerprint density at radius 1 is 1.42 bits per heavy atom. The van der Waals surface area contributed by atoms with Crippen LogP contribution in [0.1, 0.15) is 23.9 Å². The second-order valence-corrected chi connectivity index (χ2v) is 5.42. The quantitative estimate of drug-likeness (QED) is 0.776. The molecule has 0 radical (unpaired) electrons. The van der Waals surface area contributed by atoms with Crippen LogP contribution in [0.5, 0.6) is 0 Å². The van der Waals surface area contributed by atoms with Crippen molar-refractivity contribution in [1.82, 2.24) is 14.8 Å². The molecule has 0 N–H and O–H groups in total. The Morgan fingerprint density at radius 3 is 2.63 bits per heavy atom. The molecule has 0 aliphatic carbocycles. The average Bonchev–Trinajstić information content (AvgIpc) is 2.70. The van der Waals surface area contributed by atoms with Gasteiger partial charge < -0.3 is 0 Å². The smallest absolute Gasteiger partial charge is 0.131 e. The van der Waals surface area contributed by atoms with E-state index in [9.17, 15) is 0 Å². The van der Waals surface area contributed by atoms with E-state index in [0.29, 0.717) is 23.0 Å². The molecular weight excluding hydrogens is 326 g/mol. The lowest BCUT2D eigenvalue weighted by molar-refractivity contribution is 0.654. The maximum absolute atomic E-state index is 6.33. The fraction of sp³-hybridized carbons (Fsp3) is 0.286. The fourth-order valence-corrected chi connectivity index (χ4v) is 2.58. The summed E-state index contributed by atoms with van der Waals surface area (Å²) in [6.07, 6.45) is 5.49. The first-order chi connectivity index (χ1) is 8.99. The molecule has 2 aromatic rings. The molecule has 0 saturated carbocycles. The van der Waals surface area contributed by atoms with E-state index < -0.39 is 0 Å². The lowest BCUT2D eigenvalue weighted by Crippen LogP contribution is -2.00. The summed E-state index contributed by atoms with van der Waals surface area (Å²) in [5, 5.41) is 4.95. The molecule has 0 aliphatic heterocycles. The van der Waals surface area contributed by atoms with Crippen molar-refractivity contribution < 1.29 is 0 Å². The van der Waals surface area contributed by atoms with Gasteiger partial charge in [0.05, 0.1) is 11.4 Å². The van der Waals surface area contributed by atoms with E-state index in [0.717, 1.165) is 21.4 Å². The number of nitrogens with zero attached hydrogens (tertiary/aromatic N) is 3. The summed E-state index contributed by atoms with van der Waals surface area (Å²) >= 11 is 9.79. The molecule has 0 atom stereocenters. The highest BCUT2D eigenvalue weighted by molar-refractivity contribution is 9.10. The zero-order valence-corrected chi connectivity index (χ0v) is 13.3. The van der Waals surface area contributed by atoms with E-state index in [2.05, 4.69) is 31.9 Å². The molecule has 0 saturated heterocycles. The highest BCUT2D eigenvalue weighted by Crippen LogP contribution is 2.32. The van der Waals surface area contributed by atoms with Crippen molar-refractivity contribution in [2.75, 3.05) is 0 Å². The Kier molecular flexibility index (Phi) is 3.98. The number of terminal acetylenes is 1. The van der Waals surface area contributed by atoms with Crippen LogP contribution in [-0.4, -0.2) is 14.8 Å². The molecule has 0 unspecified atom stereocenters. The molecule has 0 spiro atoms. The van der Waals surface area contributed by atoms with Gasteiger partial charge in [0.1, 0.15) is 16.4 Å². The Balaban J connectivity index is 2.70. The van der Waals surface area contributed by atoms with Crippen molar-refractivity contribution in [2.45, 2.75) is 27.3 Å². The molecule has 2 aromatic heterocycles. The van der Waals surface area contributed by atoms with Crippen LogP contribution in [0.25, 0.3) is 11.4 Å². The highest BCUT2D eigenvalue weighted by atomic mass is 79.9. The van der Waals surface area contributed by atoms with Crippen molar-refractivity contribution in [3.63, 3.8) is 0 Å². The predicted molar refractivity (Wildman–Crippen MR) is 81.3 cm³/mol. The van der Waals surface area contributed by atoms with E-state index >= 15 is 0 Å². The van der Waals surface area contributed by atoms with E-state index in [4.69, 9.17) is 18.0 Å². The van der Waals surface area contributed by atoms with Gasteiger partial charge in [0.2, 0.25) is 0 Å². The summed E-state index contributed by atoms with van der Waals surface area (Å²) in [4.78, 5) is 4.55. The van der Waals surface area contributed by atoms with Crippen molar-refractivity contribution in [3.05, 3.63) is 32.5 Å². The first kappa shape index (κ1) is 14.1. The largest absolute Gasteiger partial charge is 0.255 e. The maximum Gasteiger partial charge on any atom is 0.131 e. The van der Waals surface area contributed by atoms with Crippen LogP contribution in [0.15, 0.2) is 10.5 Å². The number of halogens is 2. The molecule has 3 nitrogen and oxygen atoms in total. The summed E-state index contributed by atoms with van der Waals surface area (Å²) in [7, 11) is 0. The van der Waals surface area contributed by atoms with E-state index in [1.54, 1.807) is 4.68 Å². The molecule has 0 aliphatic rings. The van der Waals surface area contributed by atoms with Gasteiger partial charge in [-0.3, -0.25) is 4.68 Å². The standard InChI is InChI=1S/C14H13BrClN3/c1-5-11-12(16)14(18-19(11)6-2)13-8(3)7-10(15)9(4)17-13/h1,7H,6H2,2-4H3. The molecule has 2 heterocycles. The van der Waals surface area contributed by atoms with Gasteiger partial charge >= 0.3 is 0 Å². The number of aromatic nitrogens is 3. The summed E-state index contributed by atoms with van der Waals surface area (Å²) in [6.45, 7) is 6.55. The van der Waals surface area contributed by atoms with Crippen LogP contribution in [-0.2, 0) is 6.54 Å². The summed E-state index contributed by atoms with van der Waals surface area (Å²) in [6, 6.07) is 2.01. The Labute approximate surface area is 126 Å². The second-order valence-electron chi connectivity index (χ2n) is 4.19. The minimum absolute atomic E-state index is 0.488. The topological polar surface area (TPSA) is 30.7 Å². The third-order valence-corrected chi connectivity index (χ3v) is 4.06. The average molecular weight is 339 g/mol. The van der Waals surface area contributed by atoms with Gasteiger partial charge in [0.25, 0.3) is 0 Å². The van der Waals surface area contributed by atoms with Gasteiger partial charge in [-0.2, -0.15) is 5.10 Å². The van der Waals surface area contributed by atoms with Crippen LogP contribution in [0.2, 0.25) is 5.02 Å². The van der Waals surface area contributed by atoms with Crippen LogP contribution >= 0.6 is 27.5 Å². The minimum Gasteiger partial charge on any atom is -0.255 e. The molecule has 0 fully saturated rings. The van der Waals surface area contributed by atoms with Crippen molar-refractivity contribution in [1.29, 1.82) is 0 Å². The van der Waals surface area contributed by atoms with Crippen LogP contribution < -0.4 is 0 Å². The second kappa shape index (κ2) is 5.36. The van der Waals surface area contributed by atoms with Gasteiger partial charge in [-0.05, 0) is 54.3 Å². The molecule has 98 valence electrons. The number of hydrogen-bond acceptors (Lipinski definition) is 2. The van der Waals surface area contributed by atoms with Gasteiger partial charge in [-0.1, -0.05) is 11.6 Å². The zero-order valence-electron chi connectivity index (χ0n) is 11.0. The predicted octanol–water partition coefficient (Wildman–Crippen LogP) is 3.98. The third kappa shape index (κ3) is 2.41. The summed E-state index contributed by atoms with van der Waals surface area (Å²) < 4.78 is 2.69. The molecule has 0 bridgehead atoms. The van der Waals surface area contributed by atoms with Crippen molar-refractivity contribution in [3.8, 4) is 23.7 Å². The molecular formula is C14H13BrClN3. The van der Waals surface area contributed by atoms with E-state index in [-0.39, 0.29) is 0 Å². The monoisotopic (exact) mass is 337 g/mol. The number of rotatable bonds is 2. The number of hydrogen-bond donors (Lipinski definition) is 0. The first-order valence-corrected chi connectivity index (χ1v) is 7.03. The van der Waals surface area contributed by atoms with Crippen LogP contribution in [0, 0.1) is 26.2 Å². The maximum atomic E-state index is 6.33. The van der Waals surface area contributed by atoms with Gasteiger partial charge in [-0.15, -0.1) is 6.42 Å². The normalized spacial score (nSPS) is 10.5. The minimum atomic E-state index is 0.488.